The maximum atomic E-state index is 13.5. The van der Waals surface area contributed by atoms with Crippen LogP contribution < -0.4 is 5.32 Å². The SMILES string of the molecule is Cn1cc(C2=C(c3c4n(c5ccccc35)CCN(C(=S)n3ccnc3)C4)C(=O)NC2=O)c2ccccc21. The molecule has 0 bridgehead atoms. The van der Waals surface area contributed by atoms with Gasteiger partial charge in [0.1, 0.15) is 6.33 Å². The number of imidazole rings is 1. The van der Waals surface area contributed by atoms with Crippen molar-refractivity contribution in [1.82, 2.24) is 28.9 Å². The highest BCUT2D eigenvalue weighted by Gasteiger charge is 2.38. The quantitative estimate of drug-likeness (QED) is 0.293. The van der Waals surface area contributed by atoms with E-state index in [4.69, 9.17) is 12.2 Å². The molecule has 5 aromatic rings. The van der Waals surface area contributed by atoms with Crippen LogP contribution in [0.1, 0.15) is 16.8 Å². The zero-order valence-corrected chi connectivity index (χ0v) is 20.8. The van der Waals surface area contributed by atoms with Gasteiger partial charge in [0.15, 0.2) is 5.11 Å². The average molecular weight is 507 g/mol. The number of carbonyl (C=O) groups excluding carboxylic acids is 2. The number of thiocarbonyl (C=S) groups is 1. The zero-order valence-electron chi connectivity index (χ0n) is 20.0. The van der Waals surface area contributed by atoms with E-state index in [0.717, 1.165) is 45.2 Å². The van der Waals surface area contributed by atoms with Crippen LogP contribution in [-0.2, 0) is 29.7 Å². The normalized spacial score (nSPS) is 15.6. The Morgan fingerprint density at radius 3 is 2.46 bits per heavy atom. The lowest BCUT2D eigenvalue weighted by Crippen LogP contribution is -2.40. The van der Waals surface area contributed by atoms with Gasteiger partial charge in [-0.15, -0.1) is 0 Å². The summed E-state index contributed by atoms with van der Waals surface area (Å²) in [6.07, 6.45) is 7.16. The summed E-state index contributed by atoms with van der Waals surface area (Å²) < 4.78 is 6.06. The lowest BCUT2D eigenvalue weighted by atomic mass is 9.93. The second-order valence-electron chi connectivity index (χ2n) is 9.37. The Bertz CT molecular complexity index is 1810. The van der Waals surface area contributed by atoms with Crippen LogP contribution in [0.2, 0.25) is 0 Å². The first kappa shape index (κ1) is 21.8. The fourth-order valence-electron chi connectivity index (χ4n) is 5.73. The highest BCUT2D eigenvalue weighted by molar-refractivity contribution is 7.80. The molecule has 2 aromatic carbocycles. The van der Waals surface area contributed by atoms with Crippen molar-refractivity contribution < 1.29 is 9.59 Å². The summed E-state index contributed by atoms with van der Waals surface area (Å²) in [6, 6.07) is 16.0. The van der Waals surface area contributed by atoms with E-state index in [1.807, 2.05) is 71.0 Å². The predicted molar refractivity (Wildman–Crippen MR) is 145 cm³/mol. The molecular formula is C28H22N6O2S. The Morgan fingerprint density at radius 1 is 0.946 bits per heavy atom. The highest BCUT2D eigenvalue weighted by atomic mass is 32.1. The van der Waals surface area contributed by atoms with Crippen LogP contribution in [0, 0.1) is 0 Å². The number of amides is 2. The van der Waals surface area contributed by atoms with Crippen LogP contribution in [0.5, 0.6) is 0 Å². The third-order valence-electron chi connectivity index (χ3n) is 7.36. The summed E-state index contributed by atoms with van der Waals surface area (Å²) in [5, 5.41) is 5.11. The molecule has 0 saturated carbocycles. The second kappa shape index (κ2) is 8.01. The average Bonchev–Trinajstić information content (AvgIpc) is 3.68. The van der Waals surface area contributed by atoms with Crippen molar-refractivity contribution >= 4 is 62.1 Å². The van der Waals surface area contributed by atoms with E-state index in [-0.39, 0.29) is 11.8 Å². The first-order valence-electron chi connectivity index (χ1n) is 12.0. The Hall–Kier alpha value is -4.50. The fourth-order valence-corrected chi connectivity index (χ4v) is 5.99. The largest absolute Gasteiger partial charge is 0.350 e. The van der Waals surface area contributed by atoms with Gasteiger partial charge in [-0.25, -0.2) is 4.98 Å². The zero-order chi connectivity index (χ0) is 25.3. The van der Waals surface area contributed by atoms with Crippen LogP contribution in [0.15, 0.2) is 73.4 Å². The van der Waals surface area contributed by atoms with Gasteiger partial charge in [0.05, 0.1) is 17.7 Å². The fraction of sp³-hybridized carbons (Fsp3) is 0.143. The Morgan fingerprint density at radius 2 is 1.68 bits per heavy atom. The van der Waals surface area contributed by atoms with Gasteiger partial charge in [-0.05, 0) is 24.4 Å². The van der Waals surface area contributed by atoms with Gasteiger partial charge in [-0.1, -0.05) is 36.4 Å². The lowest BCUT2D eigenvalue weighted by molar-refractivity contribution is -0.122. The molecule has 182 valence electrons. The number of nitrogens with zero attached hydrogens (tertiary/aromatic N) is 5. The van der Waals surface area contributed by atoms with Crippen LogP contribution >= 0.6 is 12.2 Å². The summed E-state index contributed by atoms with van der Waals surface area (Å²) in [4.78, 5) is 33.1. The topological polar surface area (TPSA) is 77.1 Å². The molecule has 2 aliphatic heterocycles. The summed E-state index contributed by atoms with van der Waals surface area (Å²) >= 11 is 5.77. The summed E-state index contributed by atoms with van der Waals surface area (Å²) in [5.41, 5.74) is 5.38. The van der Waals surface area contributed by atoms with Crippen molar-refractivity contribution in [1.29, 1.82) is 0 Å². The molecule has 0 aliphatic carbocycles. The minimum atomic E-state index is -0.374. The van der Waals surface area contributed by atoms with E-state index in [1.54, 1.807) is 12.5 Å². The molecule has 8 nitrogen and oxygen atoms in total. The smallest absolute Gasteiger partial charge is 0.259 e. The number of hydrogen-bond acceptors (Lipinski definition) is 4. The maximum absolute atomic E-state index is 13.5. The van der Waals surface area contributed by atoms with Crippen LogP contribution in [-0.4, -0.2) is 47.1 Å². The third kappa shape index (κ3) is 3.14. The van der Waals surface area contributed by atoms with Crippen molar-refractivity contribution in [3.05, 3.63) is 90.3 Å². The van der Waals surface area contributed by atoms with Gasteiger partial charge in [0.2, 0.25) is 0 Å². The number of hydrogen-bond donors (Lipinski definition) is 1. The molecule has 0 radical (unpaired) electrons. The minimum absolute atomic E-state index is 0.373. The predicted octanol–water partition coefficient (Wildman–Crippen LogP) is 3.55. The van der Waals surface area contributed by atoms with Crippen LogP contribution in [0.3, 0.4) is 0 Å². The van der Waals surface area contributed by atoms with Gasteiger partial charge in [-0.3, -0.25) is 19.5 Å². The van der Waals surface area contributed by atoms with E-state index >= 15 is 0 Å². The standard InChI is InChI=1S/C28H22N6O2S/c1-31-14-19(17-6-2-4-8-20(17)31)24-25(27(36)30-26(24)35)23-18-7-3-5-9-21(18)34-13-12-32(15-22(23)34)28(37)33-11-10-29-16-33/h2-11,14,16H,12-13,15H2,1H3,(H,30,35,36). The van der Waals surface area contributed by atoms with E-state index in [0.29, 0.717) is 29.3 Å². The van der Waals surface area contributed by atoms with Crippen molar-refractivity contribution in [2.75, 3.05) is 6.54 Å². The van der Waals surface area contributed by atoms with E-state index in [1.165, 1.54) is 0 Å². The molecule has 0 saturated heterocycles. The summed E-state index contributed by atoms with van der Waals surface area (Å²) in [6.45, 7) is 1.94. The molecule has 0 atom stereocenters. The van der Waals surface area contributed by atoms with Crippen molar-refractivity contribution in [2.45, 2.75) is 13.1 Å². The molecule has 0 spiro atoms. The number of carbonyl (C=O) groups is 2. The molecule has 2 aliphatic rings. The van der Waals surface area contributed by atoms with Gasteiger partial charge in [0, 0.05) is 77.4 Å². The van der Waals surface area contributed by atoms with Crippen LogP contribution in [0.4, 0.5) is 0 Å². The van der Waals surface area contributed by atoms with Gasteiger partial charge >= 0.3 is 0 Å². The first-order valence-corrected chi connectivity index (χ1v) is 12.5. The molecule has 37 heavy (non-hydrogen) atoms. The molecule has 9 heteroatoms. The highest BCUT2D eigenvalue weighted by Crippen LogP contribution is 2.41. The monoisotopic (exact) mass is 506 g/mol. The maximum Gasteiger partial charge on any atom is 0.259 e. The molecule has 5 heterocycles. The summed E-state index contributed by atoms with van der Waals surface area (Å²) in [7, 11) is 1.95. The molecule has 3 aromatic heterocycles. The number of rotatable bonds is 2. The third-order valence-corrected chi connectivity index (χ3v) is 7.83. The molecule has 7 rings (SSSR count). The Kier molecular flexibility index (Phi) is 4.71. The lowest BCUT2D eigenvalue weighted by Gasteiger charge is -2.31. The van der Waals surface area contributed by atoms with Crippen molar-refractivity contribution in [3.63, 3.8) is 0 Å². The van der Waals surface area contributed by atoms with Gasteiger partial charge in [0.25, 0.3) is 11.8 Å². The van der Waals surface area contributed by atoms with Crippen LogP contribution in [0.25, 0.3) is 33.0 Å². The minimum Gasteiger partial charge on any atom is -0.350 e. The van der Waals surface area contributed by atoms with Crippen molar-refractivity contribution in [2.24, 2.45) is 7.05 Å². The molecule has 0 fully saturated rings. The number of aryl methyl sites for hydroxylation is 1. The molecular weight excluding hydrogens is 484 g/mol. The number of benzene rings is 2. The molecule has 2 amide bonds. The second-order valence-corrected chi connectivity index (χ2v) is 9.73. The Balaban J connectivity index is 1.48. The van der Waals surface area contributed by atoms with Gasteiger partial charge < -0.3 is 14.0 Å². The van der Waals surface area contributed by atoms with Gasteiger partial charge in [-0.2, -0.15) is 0 Å². The van der Waals surface area contributed by atoms with E-state index in [9.17, 15) is 9.59 Å². The van der Waals surface area contributed by atoms with E-state index in [2.05, 4.69) is 25.8 Å². The van der Waals surface area contributed by atoms with Crippen molar-refractivity contribution in [3.8, 4) is 0 Å². The first-order chi connectivity index (χ1) is 18.0. The number of para-hydroxylation sites is 2. The molecule has 1 N–H and O–H groups in total. The summed E-state index contributed by atoms with van der Waals surface area (Å²) in [5.74, 6) is -0.747. The molecule has 0 unspecified atom stereocenters. The Labute approximate surface area is 217 Å². The number of fused-ring (bicyclic) bond motifs is 4. The number of aromatic nitrogens is 4. The van der Waals surface area contributed by atoms with E-state index < -0.39 is 0 Å². The number of imide groups is 1. The number of nitrogens with one attached hydrogen (secondary N) is 1.